The van der Waals surface area contributed by atoms with Crippen LogP contribution >= 0.6 is 11.3 Å². The van der Waals surface area contributed by atoms with E-state index < -0.39 is 6.04 Å². The Labute approximate surface area is 198 Å². The van der Waals surface area contributed by atoms with Crippen LogP contribution in [0.5, 0.6) is 5.75 Å². The predicted octanol–water partition coefficient (Wildman–Crippen LogP) is 5.44. The first-order valence-electron chi connectivity index (χ1n) is 11.2. The summed E-state index contributed by atoms with van der Waals surface area (Å²) in [7, 11) is 0. The highest BCUT2D eigenvalue weighted by Gasteiger charge is 2.34. The van der Waals surface area contributed by atoms with Crippen molar-refractivity contribution in [2.24, 2.45) is 0 Å². The number of anilines is 2. The van der Waals surface area contributed by atoms with Crippen LogP contribution < -0.4 is 15.0 Å². The molecule has 1 atom stereocenters. The summed E-state index contributed by atoms with van der Waals surface area (Å²) in [5.41, 5.74) is 6.28. The number of benzene rings is 2. The molecule has 0 fully saturated rings. The molecule has 6 nitrogen and oxygen atoms in total. The second-order valence-electron chi connectivity index (χ2n) is 8.55. The molecule has 0 radical (unpaired) electrons. The van der Waals surface area contributed by atoms with Crippen molar-refractivity contribution < 1.29 is 14.3 Å². The molecule has 172 valence electrons. The van der Waals surface area contributed by atoms with Crippen LogP contribution in [0.1, 0.15) is 42.0 Å². The molecule has 0 saturated heterocycles. The van der Waals surface area contributed by atoms with Gasteiger partial charge in [-0.25, -0.2) is 4.98 Å². The van der Waals surface area contributed by atoms with Gasteiger partial charge in [-0.1, -0.05) is 24.6 Å². The molecule has 0 spiro atoms. The van der Waals surface area contributed by atoms with Crippen molar-refractivity contribution in [3.8, 4) is 17.0 Å². The van der Waals surface area contributed by atoms with Gasteiger partial charge >= 0.3 is 0 Å². The number of aryl methyl sites for hydroxylation is 4. The zero-order valence-electron chi connectivity index (χ0n) is 19.7. The van der Waals surface area contributed by atoms with E-state index in [1.165, 1.54) is 4.90 Å². The zero-order chi connectivity index (χ0) is 23.7. The average molecular weight is 464 g/mol. The van der Waals surface area contributed by atoms with Crippen molar-refractivity contribution in [1.82, 2.24) is 4.98 Å². The number of nitrogens with one attached hydrogen (secondary N) is 1. The normalized spacial score (nSPS) is 14.0. The molecule has 1 aliphatic heterocycles. The van der Waals surface area contributed by atoms with Gasteiger partial charge in [0.05, 0.1) is 16.4 Å². The minimum atomic E-state index is -0.707. The molecule has 0 saturated carbocycles. The number of hydrogen-bond acceptors (Lipinski definition) is 5. The lowest BCUT2D eigenvalue weighted by atomic mass is 10.0. The van der Waals surface area contributed by atoms with E-state index in [4.69, 9.17) is 9.72 Å². The van der Waals surface area contributed by atoms with E-state index in [0.717, 1.165) is 51.5 Å². The van der Waals surface area contributed by atoms with Gasteiger partial charge in [0.15, 0.2) is 6.61 Å². The van der Waals surface area contributed by atoms with Crippen LogP contribution in [0.2, 0.25) is 0 Å². The second kappa shape index (κ2) is 9.35. The summed E-state index contributed by atoms with van der Waals surface area (Å²) in [5.74, 6) is 0.102. The Morgan fingerprint density at radius 1 is 1.21 bits per heavy atom. The third kappa shape index (κ3) is 4.64. The molecule has 4 rings (SSSR count). The molecule has 0 bridgehead atoms. The Hall–Kier alpha value is -3.19. The van der Waals surface area contributed by atoms with E-state index in [-0.39, 0.29) is 18.4 Å². The van der Waals surface area contributed by atoms with Gasteiger partial charge in [-0.05, 0) is 69.9 Å². The lowest BCUT2D eigenvalue weighted by Crippen LogP contribution is -2.49. The molecular formula is C26H29N3O3S. The molecule has 1 aliphatic rings. The van der Waals surface area contributed by atoms with Crippen LogP contribution in [0.25, 0.3) is 11.3 Å². The molecule has 0 aliphatic carbocycles. The van der Waals surface area contributed by atoms with Crippen LogP contribution in [-0.4, -0.2) is 29.4 Å². The van der Waals surface area contributed by atoms with Crippen molar-refractivity contribution in [2.45, 2.75) is 53.5 Å². The number of fused-ring (bicyclic) bond motifs is 1. The quantitative estimate of drug-likeness (QED) is 0.528. The summed E-state index contributed by atoms with van der Waals surface area (Å²) in [6.07, 6.45) is 1.98. The van der Waals surface area contributed by atoms with Crippen molar-refractivity contribution in [3.63, 3.8) is 0 Å². The van der Waals surface area contributed by atoms with Gasteiger partial charge in [0.1, 0.15) is 11.8 Å². The minimum Gasteiger partial charge on any atom is -0.482 e. The molecule has 1 N–H and O–H groups in total. The van der Waals surface area contributed by atoms with Gasteiger partial charge in [0.25, 0.3) is 5.91 Å². The number of ether oxygens (including phenoxy) is 1. The van der Waals surface area contributed by atoms with E-state index in [1.54, 1.807) is 18.3 Å². The minimum absolute atomic E-state index is 0.0934. The van der Waals surface area contributed by atoms with Crippen molar-refractivity contribution >= 4 is 34.5 Å². The fraction of sp³-hybridized carbons (Fsp3) is 0.346. The van der Waals surface area contributed by atoms with Gasteiger partial charge in [-0.15, -0.1) is 11.3 Å². The molecule has 2 aromatic carbocycles. The molecular weight excluding hydrogens is 434 g/mol. The molecule has 3 aromatic rings. The number of hydrogen-bond donors (Lipinski definition) is 1. The molecule has 2 heterocycles. The molecule has 1 unspecified atom stereocenters. The number of carbonyl (C=O) groups excluding carboxylic acids is 2. The van der Waals surface area contributed by atoms with Crippen LogP contribution in [0.15, 0.2) is 35.7 Å². The maximum Gasteiger partial charge on any atom is 0.265 e. The number of rotatable bonds is 6. The summed E-state index contributed by atoms with van der Waals surface area (Å²) in [4.78, 5) is 32.4. The van der Waals surface area contributed by atoms with Gasteiger partial charge in [0.2, 0.25) is 5.91 Å². The first-order valence-corrected chi connectivity index (χ1v) is 12.1. The standard InChI is InChI=1S/C26H29N3O3S/c1-6-7-23-27-20(14-33-23)19-8-9-22-21(12-19)29(24(30)13-32-22)18(5)26(31)28-25-16(3)10-15(2)11-17(25)4/h8-12,14,18H,6-7,13H2,1-5H3,(H,28,31). The van der Waals surface area contributed by atoms with Crippen LogP contribution in [0.3, 0.4) is 0 Å². The summed E-state index contributed by atoms with van der Waals surface area (Å²) < 4.78 is 5.66. The monoisotopic (exact) mass is 463 g/mol. The third-order valence-corrected chi connectivity index (χ3v) is 6.75. The van der Waals surface area contributed by atoms with Gasteiger partial charge in [-0.2, -0.15) is 0 Å². The van der Waals surface area contributed by atoms with Gasteiger partial charge in [0, 0.05) is 16.6 Å². The molecule has 2 amide bonds. The fourth-order valence-corrected chi connectivity index (χ4v) is 5.16. The van der Waals surface area contributed by atoms with Crippen molar-refractivity contribution in [3.05, 3.63) is 57.4 Å². The topological polar surface area (TPSA) is 71.5 Å². The number of thiazole rings is 1. The summed E-state index contributed by atoms with van der Waals surface area (Å²) in [5, 5.41) is 6.15. The number of nitrogens with zero attached hydrogens (tertiary/aromatic N) is 2. The van der Waals surface area contributed by atoms with E-state index in [2.05, 4.69) is 12.2 Å². The van der Waals surface area contributed by atoms with E-state index in [1.807, 2.05) is 56.5 Å². The van der Waals surface area contributed by atoms with Crippen molar-refractivity contribution in [2.75, 3.05) is 16.8 Å². The number of aromatic nitrogens is 1. The average Bonchev–Trinajstić information content (AvgIpc) is 3.24. The largest absolute Gasteiger partial charge is 0.482 e. The highest BCUT2D eigenvalue weighted by molar-refractivity contribution is 7.09. The number of carbonyl (C=O) groups is 2. The Kier molecular flexibility index (Phi) is 6.51. The molecule has 7 heteroatoms. The van der Waals surface area contributed by atoms with E-state index in [0.29, 0.717) is 11.4 Å². The van der Waals surface area contributed by atoms with E-state index >= 15 is 0 Å². The zero-order valence-corrected chi connectivity index (χ0v) is 20.5. The fourth-order valence-electron chi connectivity index (χ4n) is 4.25. The Morgan fingerprint density at radius 2 is 1.94 bits per heavy atom. The highest BCUT2D eigenvalue weighted by atomic mass is 32.1. The third-order valence-electron chi connectivity index (χ3n) is 5.84. The van der Waals surface area contributed by atoms with Crippen molar-refractivity contribution in [1.29, 1.82) is 0 Å². The number of amides is 2. The van der Waals surface area contributed by atoms with Crippen LogP contribution in [0.4, 0.5) is 11.4 Å². The summed E-state index contributed by atoms with van der Waals surface area (Å²) in [6.45, 7) is 9.76. The molecule has 1 aromatic heterocycles. The highest BCUT2D eigenvalue weighted by Crippen LogP contribution is 2.37. The predicted molar refractivity (Wildman–Crippen MR) is 133 cm³/mol. The Bertz CT molecular complexity index is 1190. The maximum absolute atomic E-state index is 13.2. The lowest BCUT2D eigenvalue weighted by Gasteiger charge is -2.33. The first kappa shape index (κ1) is 23.0. The van der Waals surface area contributed by atoms with Crippen LogP contribution in [-0.2, 0) is 16.0 Å². The maximum atomic E-state index is 13.2. The van der Waals surface area contributed by atoms with Gasteiger partial charge in [-0.3, -0.25) is 14.5 Å². The molecule has 33 heavy (non-hydrogen) atoms. The Morgan fingerprint density at radius 3 is 2.64 bits per heavy atom. The SMILES string of the molecule is CCCc1nc(-c2ccc3c(c2)N(C(C)C(=O)Nc2c(C)cc(C)cc2C)C(=O)CO3)cs1. The Balaban J connectivity index is 1.64. The lowest BCUT2D eigenvalue weighted by molar-refractivity contribution is -0.125. The van der Waals surface area contributed by atoms with E-state index in [9.17, 15) is 9.59 Å². The van der Waals surface area contributed by atoms with Crippen LogP contribution in [0, 0.1) is 20.8 Å². The second-order valence-corrected chi connectivity index (χ2v) is 9.49. The smallest absolute Gasteiger partial charge is 0.265 e. The summed E-state index contributed by atoms with van der Waals surface area (Å²) >= 11 is 1.64. The van der Waals surface area contributed by atoms with Gasteiger partial charge < -0.3 is 10.1 Å². The summed E-state index contributed by atoms with van der Waals surface area (Å²) in [6, 6.07) is 9.05. The first-order chi connectivity index (χ1) is 15.8.